The molecule has 0 N–H and O–H groups in total. The highest BCUT2D eigenvalue weighted by Gasteiger charge is 2.41. The fraction of sp³-hybridized carbons (Fsp3) is 0.433. The van der Waals surface area contributed by atoms with Gasteiger partial charge < -0.3 is 19.1 Å². The van der Waals surface area contributed by atoms with Gasteiger partial charge in [-0.05, 0) is 57.2 Å². The predicted molar refractivity (Wildman–Crippen MR) is 146 cm³/mol. The van der Waals surface area contributed by atoms with Crippen LogP contribution in [0.3, 0.4) is 0 Å². The number of halogens is 1. The third-order valence-corrected chi connectivity index (χ3v) is 8.17. The third kappa shape index (κ3) is 5.73. The number of amides is 2. The summed E-state index contributed by atoms with van der Waals surface area (Å²) in [6.07, 6.45) is 5.09. The van der Waals surface area contributed by atoms with Gasteiger partial charge in [0.05, 0.1) is 11.6 Å². The predicted octanol–water partition coefficient (Wildman–Crippen LogP) is 6.01. The van der Waals surface area contributed by atoms with E-state index in [9.17, 15) is 9.59 Å². The Bertz CT molecular complexity index is 1260. The van der Waals surface area contributed by atoms with Gasteiger partial charge in [-0.3, -0.25) is 9.59 Å². The van der Waals surface area contributed by atoms with Gasteiger partial charge >= 0.3 is 0 Å². The summed E-state index contributed by atoms with van der Waals surface area (Å²) in [5.74, 6) is 1.32. The number of hydrogen-bond donors (Lipinski definition) is 0. The molecule has 2 saturated heterocycles. The van der Waals surface area contributed by atoms with Crippen LogP contribution in [0.1, 0.15) is 54.6 Å². The lowest BCUT2D eigenvalue weighted by Gasteiger charge is -2.42. The molecule has 2 fully saturated rings. The minimum Gasteiger partial charge on any atom is -0.493 e. The Hall–Kier alpha value is -3.32. The number of rotatable bonds is 7. The van der Waals surface area contributed by atoms with E-state index in [2.05, 4.69) is 5.16 Å². The van der Waals surface area contributed by atoms with Gasteiger partial charge in [-0.2, -0.15) is 0 Å². The van der Waals surface area contributed by atoms with Gasteiger partial charge in [0, 0.05) is 43.6 Å². The summed E-state index contributed by atoms with van der Waals surface area (Å²) in [4.78, 5) is 30.9. The van der Waals surface area contributed by atoms with E-state index in [4.69, 9.17) is 20.9 Å². The second-order valence-corrected chi connectivity index (χ2v) is 10.9. The van der Waals surface area contributed by atoms with E-state index in [-0.39, 0.29) is 17.2 Å². The number of nitrogens with zero attached hydrogens (tertiary/aromatic N) is 3. The molecule has 0 saturated carbocycles. The average Bonchev–Trinajstić information content (AvgIpc) is 3.34. The van der Waals surface area contributed by atoms with E-state index in [1.165, 1.54) is 6.42 Å². The van der Waals surface area contributed by atoms with E-state index in [1.807, 2.05) is 58.3 Å². The summed E-state index contributed by atoms with van der Waals surface area (Å²) >= 11 is 6.41. The second kappa shape index (κ2) is 11.6. The van der Waals surface area contributed by atoms with Crippen molar-refractivity contribution in [3.63, 3.8) is 0 Å². The van der Waals surface area contributed by atoms with Gasteiger partial charge in [0.25, 0.3) is 5.91 Å². The topological polar surface area (TPSA) is 75.9 Å². The van der Waals surface area contributed by atoms with Crippen molar-refractivity contribution >= 4 is 23.4 Å². The molecule has 7 nitrogen and oxygen atoms in total. The number of benzene rings is 2. The smallest absolute Gasteiger partial charge is 0.259 e. The van der Waals surface area contributed by atoms with Crippen LogP contribution in [0.4, 0.5) is 0 Å². The maximum atomic E-state index is 13.7. The highest BCUT2D eigenvalue weighted by Crippen LogP contribution is 2.38. The van der Waals surface area contributed by atoms with Crippen LogP contribution >= 0.6 is 11.6 Å². The summed E-state index contributed by atoms with van der Waals surface area (Å²) in [5.41, 5.74) is 1.23. The zero-order chi connectivity index (χ0) is 26.5. The number of piperidine rings is 2. The van der Waals surface area contributed by atoms with Gasteiger partial charge in [-0.15, -0.1) is 0 Å². The highest BCUT2D eigenvalue weighted by atomic mass is 35.5. The van der Waals surface area contributed by atoms with Crippen LogP contribution in [0, 0.1) is 12.3 Å². The van der Waals surface area contributed by atoms with Gasteiger partial charge in [-0.25, -0.2) is 0 Å². The van der Waals surface area contributed by atoms with Crippen molar-refractivity contribution in [1.82, 2.24) is 15.0 Å². The Morgan fingerprint density at radius 3 is 2.34 bits per heavy atom. The molecule has 0 aliphatic carbocycles. The largest absolute Gasteiger partial charge is 0.493 e. The normalized spacial score (nSPS) is 17.3. The lowest BCUT2D eigenvalue weighted by Crippen LogP contribution is -2.48. The molecule has 1 aromatic heterocycles. The fourth-order valence-corrected chi connectivity index (χ4v) is 5.73. The fourth-order valence-electron chi connectivity index (χ4n) is 5.50. The van der Waals surface area contributed by atoms with Gasteiger partial charge in [0.2, 0.25) is 5.91 Å². The van der Waals surface area contributed by atoms with Gasteiger partial charge in [0.15, 0.2) is 0 Å². The molecule has 3 aromatic rings. The Morgan fingerprint density at radius 2 is 1.63 bits per heavy atom. The van der Waals surface area contributed by atoms with Crippen molar-refractivity contribution in [1.29, 1.82) is 0 Å². The van der Waals surface area contributed by atoms with Crippen LogP contribution in [-0.4, -0.2) is 59.6 Å². The molecule has 0 unspecified atom stereocenters. The zero-order valence-electron chi connectivity index (χ0n) is 21.8. The molecule has 0 bridgehead atoms. The van der Waals surface area contributed by atoms with Crippen molar-refractivity contribution in [3.05, 3.63) is 70.9 Å². The molecule has 2 aliphatic heterocycles. The molecule has 0 spiro atoms. The molecular formula is C30H34ClN3O4. The number of aryl methyl sites for hydroxylation is 1. The Kier molecular flexibility index (Phi) is 8.03. The van der Waals surface area contributed by atoms with E-state index in [0.29, 0.717) is 66.6 Å². The number of likely N-dealkylation sites (tertiary alicyclic amines) is 2. The molecule has 0 radical (unpaired) electrons. The van der Waals surface area contributed by atoms with Gasteiger partial charge in [-0.1, -0.05) is 53.2 Å². The summed E-state index contributed by atoms with van der Waals surface area (Å²) in [6.45, 7) is 4.90. The minimum absolute atomic E-state index is 0.126. The average molecular weight is 536 g/mol. The maximum Gasteiger partial charge on any atom is 0.259 e. The SMILES string of the molecule is Cc1onc(-c2ccccc2Cl)c1C(=O)N1CCC(COc2ccccc2)(CC(=O)N2CCCCC2)CC1. The highest BCUT2D eigenvalue weighted by molar-refractivity contribution is 6.33. The van der Waals surface area contributed by atoms with E-state index in [1.54, 1.807) is 13.0 Å². The number of aromatic nitrogens is 1. The lowest BCUT2D eigenvalue weighted by molar-refractivity contribution is -0.136. The first-order valence-corrected chi connectivity index (χ1v) is 13.8. The van der Waals surface area contributed by atoms with Crippen LogP contribution in [0.2, 0.25) is 5.02 Å². The van der Waals surface area contributed by atoms with E-state index < -0.39 is 0 Å². The van der Waals surface area contributed by atoms with Crippen LogP contribution in [-0.2, 0) is 4.79 Å². The first-order valence-electron chi connectivity index (χ1n) is 13.4. The first-order chi connectivity index (χ1) is 18.5. The Balaban J connectivity index is 1.33. The van der Waals surface area contributed by atoms with Gasteiger partial charge in [0.1, 0.15) is 22.8 Å². The van der Waals surface area contributed by atoms with Crippen molar-refractivity contribution < 1.29 is 18.8 Å². The van der Waals surface area contributed by atoms with Crippen LogP contribution in [0.25, 0.3) is 11.3 Å². The number of hydrogen-bond acceptors (Lipinski definition) is 5. The molecule has 2 aliphatic rings. The summed E-state index contributed by atoms with van der Waals surface area (Å²) in [6, 6.07) is 17.0. The lowest BCUT2D eigenvalue weighted by atomic mass is 9.75. The number of ether oxygens (including phenoxy) is 1. The number of carbonyl (C=O) groups excluding carboxylic acids is 2. The van der Waals surface area contributed by atoms with Crippen LogP contribution in [0.5, 0.6) is 5.75 Å². The van der Waals surface area contributed by atoms with Crippen molar-refractivity contribution in [2.45, 2.75) is 45.4 Å². The Morgan fingerprint density at radius 1 is 0.947 bits per heavy atom. The molecule has 5 rings (SSSR count). The summed E-state index contributed by atoms with van der Waals surface area (Å²) in [7, 11) is 0. The molecule has 8 heteroatoms. The molecule has 0 atom stereocenters. The molecule has 200 valence electrons. The molecular weight excluding hydrogens is 502 g/mol. The second-order valence-electron chi connectivity index (χ2n) is 10.5. The molecule has 2 amide bonds. The molecule has 2 aromatic carbocycles. The van der Waals surface area contributed by atoms with E-state index >= 15 is 0 Å². The van der Waals surface area contributed by atoms with Crippen LogP contribution < -0.4 is 4.74 Å². The van der Waals surface area contributed by atoms with Crippen molar-refractivity contribution in [3.8, 4) is 17.0 Å². The Labute approximate surface area is 228 Å². The molecule has 38 heavy (non-hydrogen) atoms. The monoisotopic (exact) mass is 535 g/mol. The maximum absolute atomic E-state index is 13.7. The molecule has 3 heterocycles. The minimum atomic E-state index is -0.337. The zero-order valence-corrected chi connectivity index (χ0v) is 22.6. The van der Waals surface area contributed by atoms with E-state index in [0.717, 1.165) is 31.7 Å². The summed E-state index contributed by atoms with van der Waals surface area (Å²) < 4.78 is 11.6. The van der Waals surface area contributed by atoms with Crippen molar-refractivity contribution in [2.24, 2.45) is 5.41 Å². The quantitative estimate of drug-likeness (QED) is 0.370. The van der Waals surface area contributed by atoms with Crippen molar-refractivity contribution in [2.75, 3.05) is 32.8 Å². The number of carbonyl (C=O) groups is 2. The standard InChI is InChI=1S/C30H34ClN3O4/c1-22-27(28(32-38-22)24-12-6-7-13-25(24)31)29(36)34-18-14-30(15-19-34,21-37-23-10-4-2-5-11-23)20-26(35)33-16-8-3-9-17-33/h2,4-7,10-13H,3,8-9,14-21H2,1H3. The van der Waals surface area contributed by atoms with Crippen LogP contribution in [0.15, 0.2) is 59.1 Å². The number of para-hydroxylation sites is 1. The summed E-state index contributed by atoms with van der Waals surface area (Å²) in [5, 5.41) is 4.68. The third-order valence-electron chi connectivity index (χ3n) is 7.84. The first kappa shape index (κ1) is 26.3.